The Kier molecular flexibility index (Phi) is 11.4. The summed E-state index contributed by atoms with van der Waals surface area (Å²) in [7, 11) is -3.04. The summed E-state index contributed by atoms with van der Waals surface area (Å²) in [6, 6.07) is 0. The van der Waals surface area contributed by atoms with Crippen molar-refractivity contribution < 1.29 is 8.42 Å². The average Bonchev–Trinajstić information content (AvgIpc) is 2.44. The monoisotopic (exact) mass is 446 g/mol. The molecule has 0 aromatic heterocycles. The number of aliphatic imine (C=N–C) groups is 1. The molecule has 0 aliphatic carbocycles. The summed E-state index contributed by atoms with van der Waals surface area (Å²) >= 11 is 0. The van der Waals surface area contributed by atoms with Gasteiger partial charge in [-0.05, 0) is 25.2 Å². The van der Waals surface area contributed by atoms with Crippen molar-refractivity contribution in [3.8, 4) is 0 Å². The van der Waals surface area contributed by atoms with E-state index < -0.39 is 10.0 Å². The molecule has 1 aliphatic heterocycles. The summed E-state index contributed by atoms with van der Waals surface area (Å²) in [6.45, 7) is 4.96. The molecule has 22 heavy (non-hydrogen) atoms. The van der Waals surface area contributed by atoms with Crippen molar-refractivity contribution >= 4 is 40.0 Å². The van der Waals surface area contributed by atoms with Crippen LogP contribution in [-0.2, 0) is 10.0 Å². The number of hydrogen-bond donors (Lipinski definition) is 2. The Hall–Kier alpha value is -0.0900. The summed E-state index contributed by atoms with van der Waals surface area (Å²) in [5, 5.41) is 3.14. The first-order chi connectivity index (χ1) is 9.93. The van der Waals surface area contributed by atoms with Gasteiger partial charge in [0.25, 0.3) is 0 Å². The lowest BCUT2D eigenvalue weighted by atomic mass is 9.98. The first kappa shape index (κ1) is 21.9. The fourth-order valence-electron chi connectivity index (χ4n) is 2.48. The van der Waals surface area contributed by atoms with E-state index in [0.29, 0.717) is 31.5 Å². The van der Waals surface area contributed by atoms with Gasteiger partial charge in [0.2, 0.25) is 10.0 Å². The number of nitrogens with one attached hydrogen (secondary N) is 1. The van der Waals surface area contributed by atoms with Crippen LogP contribution in [0.4, 0.5) is 0 Å². The predicted molar refractivity (Wildman–Crippen MR) is 103 cm³/mol. The van der Waals surface area contributed by atoms with Gasteiger partial charge in [0.05, 0.1) is 6.26 Å². The van der Waals surface area contributed by atoms with Crippen molar-refractivity contribution in [2.24, 2.45) is 16.6 Å². The van der Waals surface area contributed by atoms with Crippen molar-refractivity contribution in [1.29, 1.82) is 0 Å². The van der Waals surface area contributed by atoms with Gasteiger partial charge in [-0.15, -0.1) is 24.0 Å². The second-order valence-electron chi connectivity index (χ2n) is 5.82. The average molecular weight is 446 g/mol. The molecule has 1 saturated heterocycles. The molecule has 1 fully saturated rings. The van der Waals surface area contributed by atoms with Crippen LogP contribution >= 0.6 is 24.0 Å². The zero-order valence-electron chi connectivity index (χ0n) is 13.8. The van der Waals surface area contributed by atoms with Crippen molar-refractivity contribution in [2.75, 3.05) is 32.4 Å². The molecule has 0 radical (unpaired) electrons. The third-order valence-electron chi connectivity index (χ3n) is 3.90. The molecule has 0 aromatic rings. The van der Waals surface area contributed by atoms with Crippen LogP contribution in [0.5, 0.6) is 0 Å². The van der Waals surface area contributed by atoms with E-state index in [9.17, 15) is 8.42 Å². The van der Waals surface area contributed by atoms with Gasteiger partial charge in [-0.25, -0.2) is 12.7 Å². The van der Waals surface area contributed by atoms with Crippen LogP contribution in [0.1, 0.15) is 45.4 Å². The van der Waals surface area contributed by atoms with E-state index in [1.54, 1.807) is 4.31 Å². The SMILES string of the molecule is CCCCCCNC(N)=NCC1CCN(S(C)(=O)=O)CC1.I. The summed E-state index contributed by atoms with van der Waals surface area (Å²) in [5.41, 5.74) is 5.83. The number of unbranched alkanes of at least 4 members (excludes halogenated alkanes) is 3. The van der Waals surface area contributed by atoms with Crippen LogP contribution in [0, 0.1) is 5.92 Å². The third kappa shape index (κ3) is 9.14. The lowest BCUT2D eigenvalue weighted by Gasteiger charge is -2.29. The van der Waals surface area contributed by atoms with Gasteiger partial charge in [-0.1, -0.05) is 26.2 Å². The number of nitrogens with zero attached hydrogens (tertiary/aromatic N) is 2. The van der Waals surface area contributed by atoms with Crippen molar-refractivity contribution in [2.45, 2.75) is 45.4 Å². The summed E-state index contributed by atoms with van der Waals surface area (Å²) in [6.07, 6.45) is 7.83. The van der Waals surface area contributed by atoms with Crippen LogP contribution in [0.25, 0.3) is 0 Å². The van der Waals surface area contributed by atoms with Gasteiger partial charge < -0.3 is 11.1 Å². The maximum atomic E-state index is 11.4. The Bertz CT molecular complexity index is 421. The van der Waals surface area contributed by atoms with Crippen LogP contribution in [0.15, 0.2) is 4.99 Å². The molecular weight excluding hydrogens is 415 g/mol. The van der Waals surface area contributed by atoms with Crippen LogP contribution < -0.4 is 11.1 Å². The normalized spacial score (nSPS) is 18.0. The molecule has 0 aromatic carbocycles. The van der Waals surface area contributed by atoms with E-state index >= 15 is 0 Å². The molecule has 3 N–H and O–H groups in total. The first-order valence-electron chi connectivity index (χ1n) is 7.92. The van der Waals surface area contributed by atoms with Crippen molar-refractivity contribution in [3.63, 3.8) is 0 Å². The van der Waals surface area contributed by atoms with E-state index in [0.717, 1.165) is 25.8 Å². The molecule has 0 bridgehead atoms. The predicted octanol–water partition coefficient (Wildman–Crippen LogP) is 1.76. The summed E-state index contributed by atoms with van der Waals surface area (Å²) < 4.78 is 24.4. The number of nitrogens with two attached hydrogens (primary N) is 1. The molecular formula is C14H31IN4O2S. The number of halogens is 1. The standard InChI is InChI=1S/C14H30N4O2S.HI/c1-3-4-5-6-9-16-14(15)17-12-13-7-10-18(11-8-13)21(2,19)20;/h13H,3-12H2,1-2H3,(H3,15,16,17);1H. The van der Waals surface area contributed by atoms with Crippen LogP contribution in [0.3, 0.4) is 0 Å². The van der Waals surface area contributed by atoms with Gasteiger partial charge in [-0.2, -0.15) is 0 Å². The molecule has 1 heterocycles. The molecule has 0 amide bonds. The fourth-order valence-corrected chi connectivity index (χ4v) is 3.35. The van der Waals surface area contributed by atoms with Gasteiger partial charge in [0.15, 0.2) is 5.96 Å². The van der Waals surface area contributed by atoms with Crippen molar-refractivity contribution in [3.05, 3.63) is 0 Å². The molecule has 132 valence electrons. The second-order valence-corrected chi connectivity index (χ2v) is 7.80. The second kappa shape index (κ2) is 11.4. The van der Waals surface area contributed by atoms with E-state index in [1.165, 1.54) is 25.5 Å². The Morgan fingerprint density at radius 1 is 1.27 bits per heavy atom. The zero-order valence-corrected chi connectivity index (χ0v) is 16.9. The lowest BCUT2D eigenvalue weighted by Crippen LogP contribution is -2.39. The van der Waals surface area contributed by atoms with Crippen LogP contribution in [-0.4, -0.2) is 51.1 Å². The summed E-state index contributed by atoms with van der Waals surface area (Å²) in [5.74, 6) is 0.945. The Morgan fingerprint density at radius 2 is 1.91 bits per heavy atom. The highest BCUT2D eigenvalue weighted by atomic mass is 127. The summed E-state index contributed by atoms with van der Waals surface area (Å²) in [4.78, 5) is 4.37. The minimum Gasteiger partial charge on any atom is -0.370 e. The quantitative estimate of drug-likeness (QED) is 0.258. The number of rotatable bonds is 8. The number of piperidine rings is 1. The molecule has 0 atom stereocenters. The van der Waals surface area contributed by atoms with Crippen LogP contribution in [0.2, 0.25) is 0 Å². The number of sulfonamides is 1. The first-order valence-corrected chi connectivity index (χ1v) is 9.77. The minimum absolute atomic E-state index is 0. The lowest BCUT2D eigenvalue weighted by molar-refractivity contribution is 0.280. The fraction of sp³-hybridized carbons (Fsp3) is 0.929. The Morgan fingerprint density at radius 3 is 2.45 bits per heavy atom. The highest BCUT2D eigenvalue weighted by Gasteiger charge is 2.24. The molecule has 6 nitrogen and oxygen atoms in total. The maximum absolute atomic E-state index is 11.4. The smallest absolute Gasteiger partial charge is 0.211 e. The molecule has 0 spiro atoms. The van der Waals surface area contributed by atoms with Gasteiger partial charge >= 0.3 is 0 Å². The highest BCUT2D eigenvalue weighted by molar-refractivity contribution is 14.0. The van der Waals surface area contributed by atoms with Gasteiger partial charge in [0.1, 0.15) is 0 Å². The third-order valence-corrected chi connectivity index (χ3v) is 5.20. The number of guanidine groups is 1. The Labute approximate surface area is 152 Å². The largest absolute Gasteiger partial charge is 0.370 e. The maximum Gasteiger partial charge on any atom is 0.211 e. The number of hydrogen-bond acceptors (Lipinski definition) is 3. The van der Waals surface area contributed by atoms with Gasteiger partial charge in [0, 0.05) is 26.2 Å². The highest BCUT2D eigenvalue weighted by Crippen LogP contribution is 2.19. The molecule has 1 aliphatic rings. The van der Waals surface area contributed by atoms with E-state index in [4.69, 9.17) is 5.73 Å². The zero-order chi connectivity index (χ0) is 15.7. The van der Waals surface area contributed by atoms with E-state index in [-0.39, 0.29) is 24.0 Å². The molecule has 8 heteroatoms. The van der Waals surface area contributed by atoms with Gasteiger partial charge in [-0.3, -0.25) is 4.99 Å². The molecule has 0 saturated carbocycles. The topological polar surface area (TPSA) is 87.8 Å². The van der Waals surface area contributed by atoms with E-state index in [2.05, 4.69) is 17.2 Å². The molecule has 0 unspecified atom stereocenters. The Balaban J connectivity index is 0.00000441. The minimum atomic E-state index is -3.04. The van der Waals surface area contributed by atoms with E-state index in [1.807, 2.05) is 0 Å². The van der Waals surface area contributed by atoms with Crippen molar-refractivity contribution in [1.82, 2.24) is 9.62 Å². The molecule has 1 rings (SSSR count).